The van der Waals surface area contributed by atoms with Gasteiger partial charge in [-0.25, -0.2) is 0 Å². The lowest BCUT2D eigenvalue weighted by molar-refractivity contribution is -0.136. The smallest absolute Gasteiger partial charge is 0.313 e. The van der Waals surface area contributed by atoms with Gasteiger partial charge in [0.25, 0.3) is 0 Å². The van der Waals surface area contributed by atoms with Crippen molar-refractivity contribution >= 4 is 23.6 Å². The van der Waals surface area contributed by atoms with Gasteiger partial charge in [-0.1, -0.05) is 42.5 Å². The van der Waals surface area contributed by atoms with Gasteiger partial charge in [-0.15, -0.1) is 0 Å². The van der Waals surface area contributed by atoms with Gasteiger partial charge in [0, 0.05) is 23.6 Å². The summed E-state index contributed by atoms with van der Waals surface area (Å²) in [5, 5.41) is 0. The fraction of sp³-hybridized carbons (Fsp3) is 0.438. The monoisotopic (exact) mass is 532 g/mol. The maximum Gasteiger partial charge on any atom is 0.313 e. The minimum Gasteiger partial charge on any atom is -0.426 e. The molecule has 2 aliphatic rings. The zero-order chi connectivity index (χ0) is 27.8. The van der Waals surface area contributed by atoms with Gasteiger partial charge in [0.05, 0.1) is 26.1 Å². The van der Waals surface area contributed by atoms with Crippen LogP contribution in [0.2, 0.25) is 0 Å². The highest BCUT2D eigenvalue weighted by Gasteiger charge is 2.23. The number of hydrogen-bond donors (Lipinski definition) is 0. The molecule has 208 valence electrons. The second kappa shape index (κ2) is 13.7. The molecule has 1 atom stereocenters. The number of esters is 2. The van der Waals surface area contributed by atoms with Gasteiger partial charge >= 0.3 is 11.9 Å². The van der Waals surface area contributed by atoms with Crippen LogP contribution in [0.1, 0.15) is 53.9 Å². The number of benzene rings is 2. The van der Waals surface area contributed by atoms with Crippen LogP contribution < -0.4 is 9.47 Å². The molecular weight excluding hydrogens is 492 g/mol. The standard InChI is InChI=1S/C32H40N2O5/c1-33(2)19-15-25-13-11-23-7-5-9-27(31(23)25)38-29(35)17-21-37-22-18-30(36)39-28-10-6-8-24-12-14-26(32(24)28)16-20-34(3)4/h5-11,13-14,25H,12,15-22H2,1-4H3. The minimum absolute atomic E-state index is 0.112. The van der Waals surface area contributed by atoms with Crippen molar-refractivity contribution in [1.82, 2.24) is 9.80 Å². The molecule has 0 saturated heterocycles. The van der Waals surface area contributed by atoms with Crippen LogP contribution in [0, 0.1) is 0 Å². The molecule has 0 radical (unpaired) electrons. The van der Waals surface area contributed by atoms with Crippen LogP contribution in [0.3, 0.4) is 0 Å². The van der Waals surface area contributed by atoms with Gasteiger partial charge in [-0.05, 0) is 82.8 Å². The van der Waals surface area contributed by atoms with Crippen LogP contribution >= 0.6 is 0 Å². The maximum absolute atomic E-state index is 12.5. The van der Waals surface area contributed by atoms with E-state index in [0.29, 0.717) is 11.5 Å². The van der Waals surface area contributed by atoms with E-state index in [0.717, 1.165) is 49.0 Å². The first-order valence-corrected chi connectivity index (χ1v) is 13.7. The topological polar surface area (TPSA) is 68.3 Å². The van der Waals surface area contributed by atoms with E-state index in [1.807, 2.05) is 30.3 Å². The summed E-state index contributed by atoms with van der Waals surface area (Å²) in [5.74, 6) is 0.766. The Kier molecular flexibility index (Phi) is 10.1. The summed E-state index contributed by atoms with van der Waals surface area (Å²) in [5.41, 5.74) is 5.63. The molecule has 0 spiro atoms. The Morgan fingerprint density at radius 3 is 2.26 bits per heavy atom. The molecule has 0 bridgehead atoms. The van der Waals surface area contributed by atoms with E-state index in [1.54, 1.807) is 0 Å². The second-order valence-corrected chi connectivity index (χ2v) is 10.7. The van der Waals surface area contributed by atoms with E-state index in [4.69, 9.17) is 14.2 Å². The number of carbonyl (C=O) groups excluding carboxylic acids is 2. The lowest BCUT2D eigenvalue weighted by Crippen LogP contribution is -2.17. The van der Waals surface area contributed by atoms with Crippen LogP contribution in [-0.2, 0) is 20.7 Å². The number of carbonyl (C=O) groups is 2. The van der Waals surface area contributed by atoms with E-state index in [-0.39, 0.29) is 43.9 Å². The lowest BCUT2D eigenvalue weighted by Gasteiger charge is -2.17. The molecule has 0 N–H and O–H groups in total. The van der Waals surface area contributed by atoms with Gasteiger partial charge in [0.1, 0.15) is 11.5 Å². The molecular formula is C32H40N2O5. The van der Waals surface area contributed by atoms with Gasteiger partial charge in [0.15, 0.2) is 0 Å². The first-order chi connectivity index (χ1) is 18.8. The average Bonchev–Trinajstić information content (AvgIpc) is 3.51. The van der Waals surface area contributed by atoms with Crippen molar-refractivity contribution in [3.05, 3.63) is 70.8 Å². The maximum atomic E-state index is 12.5. The molecule has 2 aliphatic carbocycles. The zero-order valence-corrected chi connectivity index (χ0v) is 23.6. The Hall–Kier alpha value is -3.26. The van der Waals surface area contributed by atoms with Crippen molar-refractivity contribution in [3.63, 3.8) is 0 Å². The summed E-state index contributed by atoms with van der Waals surface area (Å²) in [6.45, 7) is 2.25. The van der Waals surface area contributed by atoms with Gasteiger partial charge in [-0.2, -0.15) is 0 Å². The molecule has 0 saturated carbocycles. The average molecular weight is 533 g/mol. The number of allylic oxidation sites excluding steroid dienone is 2. The molecule has 0 aromatic heterocycles. The molecule has 0 aliphatic heterocycles. The SMILES string of the molecule is CN(C)CCC1=CCc2cccc(OC(=O)CCOCCC(=O)Oc3cccc4c3C(CCN(C)C)C=C4)c21. The summed E-state index contributed by atoms with van der Waals surface area (Å²) < 4.78 is 17.0. The molecule has 1 unspecified atom stereocenters. The Bertz CT molecular complexity index is 1230. The Labute approximate surface area is 232 Å². The summed E-state index contributed by atoms with van der Waals surface area (Å²) >= 11 is 0. The number of hydrogen-bond acceptors (Lipinski definition) is 7. The van der Waals surface area contributed by atoms with Crippen molar-refractivity contribution in [2.75, 3.05) is 54.5 Å². The molecule has 7 heteroatoms. The highest BCUT2D eigenvalue weighted by Crippen LogP contribution is 2.39. The molecule has 2 aromatic rings. The third kappa shape index (κ3) is 7.88. The molecule has 4 rings (SSSR count). The summed E-state index contributed by atoms with van der Waals surface area (Å²) in [6, 6.07) is 11.7. The zero-order valence-electron chi connectivity index (χ0n) is 23.6. The van der Waals surface area contributed by atoms with Gasteiger partial charge < -0.3 is 24.0 Å². The molecule has 39 heavy (non-hydrogen) atoms. The Balaban J connectivity index is 1.20. The highest BCUT2D eigenvalue weighted by atomic mass is 16.5. The van der Waals surface area contributed by atoms with Crippen molar-refractivity contribution < 1.29 is 23.8 Å². The van der Waals surface area contributed by atoms with Crippen LogP contribution in [0.4, 0.5) is 0 Å². The Morgan fingerprint density at radius 1 is 0.872 bits per heavy atom. The van der Waals surface area contributed by atoms with Crippen molar-refractivity contribution in [3.8, 4) is 11.5 Å². The van der Waals surface area contributed by atoms with E-state index in [1.165, 1.54) is 11.1 Å². The Morgan fingerprint density at radius 2 is 1.54 bits per heavy atom. The number of nitrogens with zero attached hydrogens (tertiary/aromatic N) is 2. The van der Waals surface area contributed by atoms with Gasteiger partial charge in [-0.3, -0.25) is 9.59 Å². The molecule has 0 heterocycles. The van der Waals surface area contributed by atoms with E-state index in [9.17, 15) is 9.59 Å². The summed E-state index contributed by atoms with van der Waals surface area (Å²) in [6.07, 6.45) is 9.45. The molecule has 7 nitrogen and oxygen atoms in total. The number of fused-ring (bicyclic) bond motifs is 2. The number of ether oxygens (including phenoxy) is 3. The first kappa shape index (κ1) is 28.7. The largest absolute Gasteiger partial charge is 0.426 e. The molecule has 0 fully saturated rings. The first-order valence-electron chi connectivity index (χ1n) is 13.7. The second-order valence-electron chi connectivity index (χ2n) is 10.7. The third-order valence-corrected chi connectivity index (χ3v) is 7.05. The van der Waals surface area contributed by atoms with Crippen molar-refractivity contribution in [2.24, 2.45) is 0 Å². The van der Waals surface area contributed by atoms with Crippen LogP contribution in [0.15, 0.2) is 48.6 Å². The van der Waals surface area contributed by atoms with E-state index in [2.05, 4.69) is 62.3 Å². The minimum atomic E-state index is -0.346. The highest BCUT2D eigenvalue weighted by molar-refractivity contribution is 5.81. The van der Waals surface area contributed by atoms with E-state index >= 15 is 0 Å². The van der Waals surface area contributed by atoms with Crippen molar-refractivity contribution in [2.45, 2.75) is 38.0 Å². The predicted octanol–water partition coefficient (Wildman–Crippen LogP) is 4.95. The molecule has 2 aromatic carbocycles. The normalized spacial score (nSPS) is 15.4. The lowest BCUT2D eigenvalue weighted by atomic mass is 9.96. The number of rotatable bonds is 14. The fourth-order valence-electron chi connectivity index (χ4n) is 5.01. The van der Waals surface area contributed by atoms with Crippen LogP contribution in [0.5, 0.6) is 11.5 Å². The summed E-state index contributed by atoms with van der Waals surface area (Å²) in [4.78, 5) is 29.4. The summed E-state index contributed by atoms with van der Waals surface area (Å²) in [7, 11) is 8.21. The fourth-order valence-corrected chi connectivity index (χ4v) is 5.01. The van der Waals surface area contributed by atoms with Crippen molar-refractivity contribution in [1.29, 1.82) is 0 Å². The van der Waals surface area contributed by atoms with E-state index < -0.39 is 0 Å². The molecule has 0 amide bonds. The quantitative estimate of drug-likeness (QED) is 0.194. The van der Waals surface area contributed by atoms with Gasteiger partial charge in [0.2, 0.25) is 0 Å². The van der Waals surface area contributed by atoms with Crippen LogP contribution in [-0.4, -0.2) is 76.2 Å². The third-order valence-electron chi connectivity index (χ3n) is 7.05. The predicted molar refractivity (Wildman–Crippen MR) is 154 cm³/mol. The van der Waals surface area contributed by atoms with Crippen LogP contribution in [0.25, 0.3) is 11.6 Å².